The quantitative estimate of drug-likeness (QED) is 0.146. The van der Waals surface area contributed by atoms with Crippen LogP contribution in [-0.4, -0.2) is 63.5 Å². The third-order valence-corrected chi connectivity index (χ3v) is 7.19. The lowest BCUT2D eigenvalue weighted by atomic mass is 9.79. The predicted molar refractivity (Wildman–Crippen MR) is 158 cm³/mol. The maximum atomic E-state index is 8.98. The van der Waals surface area contributed by atoms with E-state index in [1.807, 2.05) is 0 Å². The van der Waals surface area contributed by atoms with Gasteiger partial charge in [0.25, 0.3) is 0 Å². The summed E-state index contributed by atoms with van der Waals surface area (Å²) in [6.07, 6.45) is 9.82. The lowest BCUT2D eigenvalue weighted by Gasteiger charge is -2.49. The Morgan fingerprint density at radius 2 is 1.61 bits per heavy atom. The number of guanidine groups is 2. The number of nitrogens with two attached hydrogens (primary N) is 2. The Balaban J connectivity index is 3.20. The van der Waals surface area contributed by atoms with Crippen molar-refractivity contribution in [1.29, 1.82) is 5.41 Å². The van der Waals surface area contributed by atoms with Crippen LogP contribution in [0.25, 0.3) is 0 Å². The van der Waals surface area contributed by atoms with E-state index < -0.39 is 0 Å². The van der Waals surface area contributed by atoms with Gasteiger partial charge in [0.05, 0.1) is 0 Å². The molecule has 0 saturated carbocycles. The molecule has 1 fully saturated rings. The van der Waals surface area contributed by atoms with Crippen LogP contribution in [0.2, 0.25) is 0 Å². The number of nitrogens with zero attached hydrogens (tertiary/aromatic N) is 3. The minimum absolute atomic E-state index is 0.00890. The van der Waals surface area contributed by atoms with Gasteiger partial charge in [-0.2, -0.15) is 4.99 Å². The van der Waals surface area contributed by atoms with Crippen LogP contribution in [0, 0.1) is 11.3 Å². The Labute approximate surface area is 223 Å². The number of hydrogen-bond donors (Lipinski definition) is 4. The number of rotatable bonds is 13. The van der Waals surface area contributed by atoms with Crippen molar-refractivity contribution in [2.24, 2.45) is 22.4 Å². The minimum atomic E-state index is -0.296. The van der Waals surface area contributed by atoms with Crippen molar-refractivity contribution >= 4 is 11.9 Å². The zero-order valence-electron chi connectivity index (χ0n) is 25.5. The van der Waals surface area contributed by atoms with Gasteiger partial charge in [-0.15, -0.1) is 0 Å². The fraction of sp³-hybridized carbons (Fsp3) is 0.931. The van der Waals surface area contributed by atoms with E-state index in [4.69, 9.17) is 21.9 Å². The number of piperidine rings is 1. The molecule has 0 radical (unpaired) electrons. The molecule has 7 heteroatoms. The maximum absolute atomic E-state index is 8.98. The van der Waals surface area contributed by atoms with Gasteiger partial charge in [-0.3, -0.25) is 5.41 Å². The number of aliphatic imine (C=N–C) groups is 1. The van der Waals surface area contributed by atoms with E-state index >= 15 is 0 Å². The topological polar surface area (TPSA) is 107 Å². The summed E-state index contributed by atoms with van der Waals surface area (Å²) in [6.45, 7) is 23.7. The molecule has 1 saturated heterocycles. The highest BCUT2D eigenvalue weighted by molar-refractivity contribution is 5.93. The zero-order valence-corrected chi connectivity index (χ0v) is 25.5. The van der Waals surface area contributed by atoms with Crippen molar-refractivity contribution < 1.29 is 0 Å². The average Bonchev–Trinajstić information content (AvgIpc) is 2.66. The van der Waals surface area contributed by atoms with E-state index in [0.717, 1.165) is 45.2 Å². The van der Waals surface area contributed by atoms with Gasteiger partial charge in [-0.25, -0.2) is 0 Å². The summed E-state index contributed by atoms with van der Waals surface area (Å²) in [5.74, 6) is 1.27. The smallest absolute Gasteiger partial charge is 0.221 e. The summed E-state index contributed by atoms with van der Waals surface area (Å²) in [5.41, 5.74) is 13.0. The average molecular weight is 508 g/mol. The molecule has 6 N–H and O–H groups in total. The second-order valence-corrected chi connectivity index (χ2v) is 13.6. The first-order valence-electron chi connectivity index (χ1n) is 14.5. The van der Waals surface area contributed by atoms with Crippen LogP contribution in [-0.2, 0) is 0 Å². The Bertz CT molecular complexity index is 674. The molecule has 0 amide bonds. The first-order chi connectivity index (χ1) is 16.5. The summed E-state index contributed by atoms with van der Waals surface area (Å²) in [7, 11) is 0. The maximum Gasteiger partial charge on any atom is 0.221 e. The first kappa shape index (κ1) is 32.7. The molecule has 0 aliphatic carbocycles. The molecule has 0 aromatic rings. The van der Waals surface area contributed by atoms with Crippen LogP contribution in [0.4, 0.5) is 0 Å². The predicted octanol–water partition coefficient (Wildman–Crippen LogP) is 5.68. The molecule has 0 aromatic carbocycles. The van der Waals surface area contributed by atoms with Gasteiger partial charge in [0.1, 0.15) is 0 Å². The number of nitrogens with one attached hydrogen (secondary N) is 2. The van der Waals surface area contributed by atoms with E-state index in [9.17, 15) is 0 Å². The van der Waals surface area contributed by atoms with Crippen molar-refractivity contribution in [3.63, 3.8) is 0 Å². The highest BCUT2D eigenvalue weighted by Crippen LogP contribution is 2.32. The van der Waals surface area contributed by atoms with Crippen molar-refractivity contribution in [3.8, 4) is 0 Å². The highest BCUT2D eigenvalue weighted by atomic mass is 15.3. The molecule has 1 unspecified atom stereocenters. The summed E-state index contributed by atoms with van der Waals surface area (Å²) in [6, 6.07) is 0.460. The molecule has 0 aromatic heterocycles. The second-order valence-electron chi connectivity index (χ2n) is 13.6. The molecule has 1 heterocycles. The fourth-order valence-electron chi connectivity index (χ4n) is 6.15. The van der Waals surface area contributed by atoms with Gasteiger partial charge in [-0.1, -0.05) is 46.5 Å². The van der Waals surface area contributed by atoms with Crippen LogP contribution >= 0.6 is 0 Å². The fourth-order valence-corrected chi connectivity index (χ4v) is 6.15. The molecule has 1 aliphatic rings. The normalized spacial score (nSPS) is 19.4. The third-order valence-electron chi connectivity index (χ3n) is 7.19. The molecule has 0 bridgehead atoms. The van der Waals surface area contributed by atoms with Crippen LogP contribution in [0.1, 0.15) is 127 Å². The van der Waals surface area contributed by atoms with E-state index in [2.05, 4.69) is 84.4 Å². The lowest BCUT2D eigenvalue weighted by Crippen LogP contribution is -2.62. The van der Waals surface area contributed by atoms with Crippen LogP contribution in [0.3, 0.4) is 0 Å². The summed E-state index contributed by atoms with van der Waals surface area (Å²) < 4.78 is 0. The van der Waals surface area contributed by atoms with Crippen molar-refractivity contribution in [1.82, 2.24) is 15.1 Å². The van der Waals surface area contributed by atoms with E-state index in [1.165, 1.54) is 25.7 Å². The van der Waals surface area contributed by atoms with Crippen LogP contribution in [0.5, 0.6) is 0 Å². The largest absolute Gasteiger partial charge is 0.369 e. The van der Waals surface area contributed by atoms with Gasteiger partial charge in [0.2, 0.25) is 5.96 Å². The molecular formula is C29H61N7. The second kappa shape index (κ2) is 14.0. The molecule has 212 valence electrons. The highest BCUT2D eigenvalue weighted by Gasteiger charge is 2.40. The van der Waals surface area contributed by atoms with Crippen molar-refractivity contribution in [2.45, 2.75) is 156 Å². The summed E-state index contributed by atoms with van der Waals surface area (Å²) in [5, 5.41) is 12.7. The van der Waals surface area contributed by atoms with Crippen LogP contribution < -0.4 is 16.8 Å². The van der Waals surface area contributed by atoms with Gasteiger partial charge in [0, 0.05) is 41.8 Å². The van der Waals surface area contributed by atoms with E-state index in [0.29, 0.717) is 11.9 Å². The van der Waals surface area contributed by atoms with Crippen molar-refractivity contribution in [3.05, 3.63) is 0 Å². The van der Waals surface area contributed by atoms with E-state index in [-0.39, 0.29) is 34.7 Å². The molecule has 0 spiro atoms. The molecule has 1 aliphatic heterocycles. The van der Waals surface area contributed by atoms with Gasteiger partial charge >= 0.3 is 0 Å². The number of unbranched alkanes of at least 4 members (excludes halogenated alkanes) is 4. The molecule has 1 atom stereocenters. The summed E-state index contributed by atoms with van der Waals surface area (Å²) >= 11 is 0. The molecule has 36 heavy (non-hydrogen) atoms. The SMILES string of the molecule is CCCCCCCN(/C(N)=N/C(=N)N(CC)C1CC(C)(C)NC(C)(C)C1)C(CC(C)C)CC(C)(C)N. The van der Waals surface area contributed by atoms with Crippen LogP contribution in [0.15, 0.2) is 4.99 Å². The third kappa shape index (κ3) is 11.8. The molecule has 1 rings (SSSR count). The Kier molecular flexibility index (Phi) is 12.7. The van der Waals surface area contributed by atoms with Gasteiger partial charge in [0.15, 0.2) is 5.96 Å². The monoisotopic (exact) mass is 507 g/mol. The molecular weight excluding hydrogens is 446 g/mol. The Hall–Kier alpha value is -1.34. The summed E-state index contributed by atoms with van der Waals surface area (Å²) in [4.78, 5) is 9.16. The zero-order chi connectivity index (χ0) is 27.7. The van der Waals surface area contributed by atoms with E-state index in [1.54, 1.807) is 0 Å². The number of hydrogen-bond acceptors (Lipinski definition) is 3. The first-order valence-corrected chi connectivity index (χ1v) is 14.5. The lowest BCUT2D eigenvalue weighted by molar-refractivity contribution is 0.104. The van der Waals surface area contributed by atoms with Crippen molar-refractivity contribution in [2.75, 3.05) is 13.1 Å². The Morgan fingerprint density at radius 1 is 1.06 bits per heavy atom. The van der Waals surface area contributed by atoms with Gasteiger partial charge in [-0.05, 0) is 86.5 Å². The Morgan fingerprint density at radius 3 is 2.08 bits per heavy atom. The molecule has 7 nitrogen and oxygen atoms in total. The standard InChI is InChI=1S/C29H61N7/c1-11-13-14-15-16-17-36(23(18-22(3)4)19-27(5,6)32)26(31)33-25(30)35(12-2)24-20-28(7,8)34-29(9,10)21-24/h22-24,34H,11-21,32H2,1-10H3,(H3,30,31,33). The minimum Gasteiger partial charge on any atom is -0.369 e. The van der Waals surface area contributed by atoms with Gasteiger partial charge < -0.3 is 26.6 Å².